The second-order valence-corrected chi connectivity index (χ2v) is 3.97. The van der Waals surface area contributed by atoms with Gasteiger partial charge in [-0.2, -0.15) is 0 Å². The molecule has 2 N–H and O–H groups in total. The van der Waals surface area contributed by atoms with Gasteiger partial charge in [-0.05, 0) is 5.56 Å². The Kier molecular flexibility index (Phi) is 7.81. The SMILES string of the molecule is COCCOCCOC(=O)C(CN)c1ccccc1. The summed E-state index contributed by atoms with van der Waals surface area (Å²) in [5.74, 6) is -0.732. The molecule has 0 aromatic heterocycles. The van der Waals surface area contributed by atoms with E-state index in [1.165, 1.54) is 0 Å². The first kappa shape index (κ1) is 15.6. The lowest BCUT2D eigenvalue weighted by Gasteiger charge is -2.14. The van der Waals surface area contributed by atoms with Crippen LogP contribution in [0, 0.1) is 0 Å². The van der Waals surface area contributed by atoms with Gasteiger partial charge in [0.1, 0.15) is 6.61 Å². The maximum absolute atomic E-state index is 11.9. The highest BCUT2D eigenvalue weighted by Gasteiger charge is 2.19. The number of rotatable bonds is 9. The van der Waals surface area contributed by atoms with Crippen molar-refractivity contribution in [3.63, 3.8) is 0 Å². The zero-order chi connectivity index (χ0) is 13.9. The molecule has 0 aliphatic carbocycles. The number of hydrogen-bond acceptors (Lipinski definition) is 5. The first-order valence-electron chi connectivity index (χ1n) is 6.28. The number of methoxy groups -OCH3 is 1. The molecular weight excluding hydrogens is 246 g/mol. The fourth-order valence-corrected chi connectivity index (χ4v) is 1.60. The Balaban J connectivity index is 2.31. The van der Waals surface area contributed by atoms with E-state index in [0.29, 0.717) is 19.8 Å². The molecule has 0 radical (unpaired) electrons. The van der Waals surface area contributed by atoms with Crippen molar-refractivity contribution >= 4 is 5.97 Å². The molecule has 0 amide bonds. The summed E-state index contributed by atoms with van der Waals surface area (Å²) in [5, 5.41) is 0. The summed E-state index contributed by atoms with van der Waals surface area (Å²) in [7, 11) is 1.61. The molecule has 1 aromatic carbocycles. The molecule has 0 fully saturated rings. The monoisotopic (exact) mass is 267 g/mol. The Hall–Kier alpha value is -1.43. The number of esters is 1. The quantitative estimate of drug-likeness (QED) is 0.532. The standard InChI is InChI=1S/C14H21NO4/c1-17-7-8-18-9-10-19-14(16)13(11-15)12-5-3-2-4-6-12/h2-6,13H,7-11,15H2,1H3. The minimum absolute atomic E-state index is 0.228. The van der Waals surface area contributed by atoms with Crippen LogP contribution >= 0.6 is 0 Å². The van der Waals surface area contributed by atoms with Gasteiger partial charge in [-0.1, -0.05) is 30.3 Å². The topological polar surface area (TPSA) is 70.8 Å². The molecule has 19 heavy (non-hydrogen) atoms. The lowest BCUT2D eigenvalue weighted by atomic mass is 10.00. The zero-order valence-corrected chi connectivity index (χ0v) is 11.2. The Morgan fingerprint density at radius 2 is 1.84 bits per heavy atom. The summed E-state index contributed by atoms with van der Waals surface area (Å²) in [6.07, 6.45) is 0. The van der Waals surface area contributed by atoms with Gasteiger partial charge < -0.3 is 19.9 Å². The van der Waals surface area contributed by atoms with Gasteiger partial charge in [0.2, 0.25) is 0 Å². The van der Waals surface area contributed by atoms with Gasteiger partial charge in [-0.3, -0.25) is 4.79 Å². The Labute approximate surface area is 113 Å². The molecule has 5 heteroatoms. The predicted molar refractivity (Wildman–Crippen MR) is 71.9 cm³/mol. The smallest absolute Gasteiger partial charge is 0.314 e. The van der Waals surface area contributed by atoms with Crippen LogP contribution in [0.4, 0.5) is 0 Å². The van der Waals surface area contributed by atoms with E-state index < -0.39 is 5.92 Å². The van der Waals surface area contributed by atoms with Crippen LogP contribution < -0.4 is 5.73 Å². The molecule has 0 saturated heterocycles. The van der Waals surface area contributed by atoms with E-state index in [1.54, 1.807) is 7.11 Å². The molecule has 0 bridgehead atoms. The van der Waals surface area contributed by atoms with Crippen molar-refractivity contribution in [3.8, 4) is 0 Å². The molecule has 1 rings (SSSR count). The molecule has 0 spiro atoms. The average molecular weight is 267 g/mol. The minimum Gasteiger partial charge on any atom is -0.463 e. The molecule has 1 aromatic rings. The van der Waals surface area contributed by atoms with Crippen LogP contribution in [0.3, 0.4) is 0 Å². The minimum atomic E-state index is -0.417. The van der Waals surface area contributed by atoms with Crippen LogP contribution in [0.15, 0.2) is 30.3 Å². The van der Waals surface area contributed by atoms with Crippen LogP contribution in [0.1, 0.15) is 11.5 Å². The third kappa shape index (κ3) is 5.83. The highest BCUT2D eigenvalue weighted by molar-refractivity contribution is 5.78. The summed E-state index contributed by atoms with van der Waals surface area (Å²) < 4.78 is 15.2. The van der Waals surface area contributed by atoms with Crippen molar-refractivity contribution in [1.82, 2.24) is 0 Å². The van der Waals surface area contributed by atoms with Gasteiger partial charge in [0.25, 0.3) is 0 Å². The molecule has 1 atom stereocenters. The first-order chi connectivity index (χ1) is 9.29. The highest BCUT2D eigenvalue weighted by atomic mass is 16.6. The number of carbonyl (C=O) groups is 1. The van der Waals surface area contributed by atoms with Crippen molar-refractivity contribution < 1.29 is 19.0 Å². The van der Waals surface area contributed by atoms with Crippen molar-refractivity contribution in [2.45, 2.75) is 5.92 Å². The maximum Gasteiger partial charge on any atom is 0.314 e. The molecule has 5 nitrogen and oxygen atoms in total. The maximum atomic E-state index is 11.9. The first-order valence-corrected chi connectivity index (χ1v) is 6.28. The summed E-state index contributed by atoms with van der Waals surface area (Å²) in [6.45, 7) is 1.84. The van der Waals surface area contributed by atoms with Crippen molar-refractivity contribution in [1.29, 1.82) is 0 Å². The van der Waals surface area contributed by atoms with E-state index in [2.05, 4.69) is 0 Å². The number of benzene rings is 1. The number of nitrogens with two attached hydrogens (primary N) is 1. The Morgan fingerprint density at radius 1 is 1.16 bits per heavy atom. The summed E-state index contributed by atoms with van der Waals surface area (Å²) in [6, 6.07) is 9.38. The van der Waals surface area contributed by atoms with Crippen molar-refractivity contribution in [2.24, 2.45) is 5.73 Å². The molecule has 0 saturated carbocycles. The molecule has 0 aliphatic heterocycles. The molecule has 106 valence electrons. The summed E-state index contributed by atoms with van der Waals surface area (Å²) in [4.78, 5) is 11.9. The highest BCUT2D eigenvalue weighted by Crippen LogP contribution is 2.15. The number of carbonyl (C=O) groups excluding carboxylic acids is 1. The second kappa shape index (κ2) is 9.49. The van der Waals surface area contributed by atoms with E-state index in [1.807, 2.05) is 30.3 Å². The fraction of sp³-hybridized carbons (Fsp3) is 0.500. The van der Waals surface area contributed by atoms with Crippen LogP contribution in [0.25, 0.3) is 0 Å². The summed E-state index contributed by atoms with van der Waals surface area (Å²) in [5.41, 5.74) is 6.50. The number of ether oxygens (including phenoxy) is 3. The fourth-order valence-electron chi connectivity index (χ4n) is 1.60. The van der Waals surface area contributed by atoms with Gasteiger partial charge >= 0.3 is 5.97 Å². The largest absolute Gasteiger partial charge is 0.463 e. The van der Waals surface area contributed by atoms with Crippen LogP contribution in [-0.4, -0.2) is 46.1 Å². The Morgan fingerprint density at radius 3 is 2.47 bits per heavy atom. The lowest BCUT2D eigenvalue weighted by molar-refractivity contribution is -0.146. The van der Waals surface area contributed by atoms with Gasteiger partial charge in [-0.15, -0.1) is 0 Å². The van der Waals surface area contributed by atoms with E-state index in [-0.39, 0.29) is 19.1 Å². The van der Waals surface area contributed by atoms with E-state index in [9.17, 15) is 4.79 Å². The van der Waals surface area contributed by atoms with E-state index in [4.69, 9.17) is 19.9 Å². The van der Waals surface area contributed by atoms with Gasteiger partial charge in [0.15, 0.2) is 0 Å². The molecule has 0 aliphatic rings. The van der Waals surface area contributed by atoms with Crippen LogP contribution in [-0.2, 0) is 19.0 Å². The molecule has 1 unspecified atom stereocenters. The summed E-state index contributed by atoms with van der Waals surface area (Å²) >= 11 is 0. The van der Waals surface area contributed by atoms with Crippen LogP contribution in [0.2, 0.25) is 0 Å². The number of hydrogen-bond donors (Lipinski definition) is 1. The second-order valence-electron chi connectivity index (χ2n) is 3.97. The molecular formula is C14H21NO4. The normalized spacial score (nSPS) is 12.1. The van der Waals surface area contributed by atoms with Crippen molar-refractivity contribution in [3.05, 3.63) is 35.9 Å². The average Bonchev–Trinajstić information content (AvgIpc) is 2.45. The third-order valence-electron chi connectivity index (χ3n) is 2.63. The third-order valence-corrected chi connectivity index (χ3v) is 2.63. The lowest BCUT2D eigenvalue weighted by Crippen LogP contribution is -2.25. The molecule has 0 heterocycles. The van der Waals surface area contributed by atoms with E-state index in [0.717, 1.165) is 5.56 Å². The van der Waals surface area contributed by atoms with E-state index >= 15 is 0 Å². The van der Waals surface area contributed by atoms with Crippen LogP contribution in [0.5, 0.6) is 0 Å². The predicted octanol–water partition coefficient (Wildman–Crippen LogP) is 0.935. The van der Waals surface area contributed by atoms with Gasteiger partial charge in [-0.25, -0.2) is 0 Å². The van der Waals surface area contributed by atoms with Crippen molar-refractivity contribution in [2.75, 3.05) is 40.1 Å². The van der Waals surface area contributed by atoms with Gasteiger partial charge in [0, 0.05) is 13.7 Å². The van der Waals surface area contributed by atoms with Gasteiger partial charge in [0.05, 0.1) is 25.7 Å². The zero-order valence-electron chi connectivity index (χ0n) is 11.2. The Bertz CT molecular complexity index is 356.